The van der Waals surface area contributed by atoms with Gasteiger partial charge in [-0.3, -0.25) is 4.90 Å². The number of sulfonamides is 1. The highest BCUT2D eigenvalue weighted by Gasteiger charge is 2.48. The van der Waals surface area contributed by atoms with Gasteiger partial charge in [-0.15, -0.1) is 0 Å². The third kappa shape index (κ3) is 4.28. The number of benzene rings is 2. The minimum atomic E-state index is -3.72. The third-order valence-corrected chi connectivity index (χ3v) is 9.10. The van der Waals surface area contributed by atoms with Crippen molar-refractivity contribution >= 4 is 39.2 Å². The van der Waals surface area contributed by atoms with Crippen LogP contribution in [0.2, 0.25) is 10.0 Å². The Morgan fingerprint density at radius 3 is 2.36 bits per heavy atom. The standard InChI is InChI=1S/C23H23Cl2FN2O4S/c1-32-23(29)21-9-20(13-2-3-13)14(4-22(21)26)10-27-11-18-8-17(27)12-28(18)33(30,31)19-6-15(24)5-16(25)7-19/h4-7,9,13,17-18H,2-3,8,10-12H2,1H3/t17-,18-/m0/s1. The fourth-order valence-electron chi connectivity index (χ4n) is 5.04. The fraction of sp³-hybridized carbons (Fsp3) is 0.435. The molecule has 2 aromatic rings. The van der Waals surface area contributed by atoms with Gasteiger partial charge in [-0.05, 0) is 66.6 Å². The molecule has 3 fully saturated rings. The Morgan fingerprint density at radius 2 is 1.79 bits per heavy atom. The van der Waals surface area contributed by atoms with E-state index in [0.29, 0.717) is 25.6 Å². The summed E-state index contributed by atoms with van der Waals surface area (Å²) < 4.78 is 47.3. The van der Waals surface area contributed by atoms with Crippen LogP contribution < -0.4 is 0 Å². The lowest BCUT2D eigenvalue weighted by molar-refractivity contribution is 0.0595. The van der Waals surface area contributed by atoms with E-state index >= 15 is 0 Å². The molecule has 5 rings (SSSR count). The number of rotatable bonds is 6. The first-order valence-electron chi connectivity index (χ1n) is 10.8. The van der Waals surface area contributed by atoms with Crippen molar-refractivity contribution in [2.75, 3.05) is 20.2 Å². The third-order valence-electron chi connectivity index (χ3n) is 6.77. The van der Waals surface area contributed by atoms with Crippen LogP contribution in [-0.4, -0.2) is 55.9 Å². The summed E-state index contributed by atoms with van der Waals surface area (Å²) in [6.07, 6.45) is 2.74. The van der Waals surface area contributed by atoms with Gasteiger partial charge in [0.05, 0.1) is 17.6 Å². The van der Waals surface area contributed by atoms with Crippen LogP contribution in [0.5, 0.6) is 0 Å². The first-order valence-corrected chi connectivity index (χ1v) is 13.0. The normalized spacial score (nSPS) is 23.3. The van der Waals surface area contributed by atoms with E-state index in [2.05, 4.69) is 4.90 Å². The molecule has 33 heavy (non-hydrogen) atoms. The number of fused-ring (bicyclic) bond motifs is 2. The Balaban J connectivity index is 1.35. The van der Waals surface area contributed by atoms with Gasteiger partial charge >= 0.3 is 5.97 Å². The van der Waals surface area contributed by atoms with E-state index in [4.69, 9.17) is 27.9 Å². The summed E-state index contributed by atoms with van der Waals surface area (Å²) >= 11 is 12.0. The first-order chi connectivity index (χ1) is 15.7. The maximum atomic E-state index is 14.7. The molecule has 1 saturated carbocycles. The Morgan fingerprint density at radius 1 is 1.09 bits per heavy atom. The lowest BCUT2D eigenvalue weighted by Crippen LogP contribution is -2.48. The number of esters is 1. The second-order valence-electron chi connectivity index (χ2n) is 8.95. The average molecular weight is 513 g/mol. The Bertz CT molecular complexity index is 1210. The van der Waals surface area contributed by atoms with E-state index in [-0.39, 0.29) is 32.6 Å². The highest BCUT2D eigenvalue weighted by atomic mass is 35.5. The number of hydrogen-bond donors (Lipinski definition) is 0. The topological polar surface area (TPSA) is 66.9 Å². The van der Waals surface area contributed by atoms with Crippen LogP contribution in [-0.2, 0) is 21.3 Å². The summed E-state index contributed by atoms with van der Waals surface area (Å²) in [6, 6.07) is 7.27. The van der Waals surface area contributed by atoms with Gasteiger partial charge in [-0.2, -0.15) is 4.31 Å². The average Bonchev–Trinajstić information content (AvgIpc) is 3.41. The molecule has 2 bridgehead atoms. The zero-order chi connectivity index (χ0) is 23.5. The van der Waals surface area contributed by atoms with Gasteiger partial charge in [-0.25, -0.2) is 17.6 Å². The minimum Gasteiger partial charge on any atom is -0.465 e. The zero-order valence-corrected chi connectivity index (χ0v) is 20.3. The van der Waals surface area contributed by atoms with Crippen molar-refractivity contribution < 1.29 is 22.3 Å². The zero-order valence-electron chi connectivity index (χ0n) is 17.9. The molecule has 3 aliphatic rings. The molecular weight excluding hydrogens is 490 g/mol. The summed E-state index contributed by atoms with van der Waals surface area (Å²) in [7, 11) is -2.48. The summed E-state index contributed by atoms with van der Waals surface area (Å²) in [5.74, 6) is -0.941. The molecule has 0 unspecified atom stereocenters. The van der Waals surface area contributed by atoms with E-state index in [1.807, 2.05) is 0 Å². The molecule has 10 heteroatoms. The van der Waals surface area contributed by atoms with Gasteiger partial charge in [-0.1, -0.05) is 23.2 Å². The summed E-state index contributed by atoms with van der Waals surface area (Å²) in [4.78, 5) is 14.2. The number of nitrogens with zero attached hydrogens (tertiary/aromatic N) is 2. The van der Waals surface area contributed by atoms with Gasteiger partial charge in [0, 0.05) is 41.8 Å². The molecule has 6 nitrogen and oxygen atoms in total. The second-order valence-corrected chi connectivity index (χ2v) is 11.7. The quantitative estimate of drug-likeness (QED) is 0.535. The second kappa shape index (κ2) is 8.50. The lowest BCUT2D eigenvalue weighted by atomic mass is 9.98. The van der Waals surface area contributed by atoms with E-state index < -0.39 is 21.8 Å². The summed E-state index contributed by atoms with van der Waals surface area (Å²) in [5, 5.41) is 0.550. The maximum Gasteiger partial charge on any atom is 0.340 e. The monoisotopic (exact) mass is 512 g/mol. The first kappa shape index (κ1) is 23.1. The van der Waals surface area contributed by atoms with Gasteiger partial charge in [0.25, 0.3) is 0 Å². The lowest BCUT2D eigenvalue weighted by Gasteiger charge is -2.34. The van der Waals surface area contributed by atoms with Crippen molar-refractivity contribution in [3.8, 4) is 0 Å². The minimum absolute atomic E-state index is 0.0369. The number of ether oxygens (including phenoxy) is 1. The van der Waals surface area contributed by atoms with Crippen molar-refractivity contribution in [3.63, 3.8) is 0 Å². The van der Waals surface area contributed by atoms with Gasteiger partial charge < -0.3 is 4.74 Å². The molecule has 2 aliphatic heterocycles. The smallest absolute Gasteiger partial charge is 0.340 e. The van der Waals surface area contributed by atoms with Crippen LogP contribution in [0.3, 0.4) is 0 Å². The molecular formula is C23H23Cl2FN2O4S. The van der Waals surface area contributed by atoms with Crippen LogP contribution in [0.15, 0.2) is 35.2 Å². The van der Waals surface area contributed by atoms with Gasteiger partial charge in [0.2, 0.25) is 10.0 Å². The molecule has 1 aliphatic carbocycles. The molecule has 0 amide bonds. The largest absolute Gasteiger partial charge is 0.465 e. The van der Waals surface area contributed by atoms with Crippen LogP contribution in [0.1, 0.15) is 46.7 Å². The number of halogens is 3. The van der Waals surface area contributed by atoms with Crippen molar-refractivity contribution in [1.82, 2.24) is 9.21 Å². The van der Waals surface area contributed by atoms with Crippen molar-refractivity contribution in [2.24, 2.45) is 0 Å². The van der Waals surface area contributed by atoms with Crippen LogP contribution in [0, 0.1) is 5.82 Å². The number of likely N-dealkylation sites (tertiary alicyclic amines) is 1. The fourth-order valence-corrected chi connectivity index (χ4v) is 7.43. The van der Waals surface area contributed by atoms with E-state index in [0.717, 1.165) is 30.4 Å². The Kier molecular flexibility index (Phi) is 5.94. The van der Waals surface area contributed by atoms with E-state index in [1.54, 1.807) is 6.07 Å². The number of piperazine rings is 1. The molecule has 0 aromatic heterocycles. The summed E-state index contributed by atoms with van der Waals surface area (Å²) in [6.45, 7) is 1.43. The highest BCUT2D eigenvalue weighted by Crippen LogP contribution is 2.44. The molecule has 2 heterocycles. The van der Waals surface area contributed by atoms with Crippen LogP contribution >= 0.6 is 23.2 Å². The number of carbonyl (C=O) groups excluding carboxylic acids is 1. The highest BCUT2D eigenvalue weighted by molar-refractivity contribution is 7.89. The molecule has 0 spiro atoms. The molecule has 176 valence electrons. The van der Waals surface area contributed by atoms with E-state index in [1.165, 1.54) is 35.7 Å². The molecule has 2 aromatic carbocycles. The maximum absolute atomic E-state index is 14.7. The van der Waals surface area contributed by atoms with Crippen molar-refractivity contribution in [3.05, 3.63) is 62.9 Å². The SMILES string of the molecule is COC(=O)c1cc(C2CC2)c(CN2C[C@@H]3C[C@H]2CN3S(=O)(=O)c2cc(Cl)cc(Cl)c2)cc1F. The van der Waals surface area contributed by atoms with Crippen LogP contribution in [0.4, 0.5) is 4.39 Å². The number of methoxy groups -OCH3 is 1. The molecule has 0 N–H and O–H groups in total. The predicted molar refractivity (Wildman–Crippen MR) is 123 cm³/mol. The van der Waals surface area contributed by atoms with Crippen molar-refractivity contribution in [2.45, 2.75) is 48.7 Å². The Labute approximate surface area is 202 Å². The predicted octanol–water partition coefficient (Wildman–Crippen LogP) is 4.44. The van der Waals surface area contributed by atoms with Crippen molar-refractivity contribution in [1.29, 1.82) is 0 Å². The molecule has 2 saturated heterocycles. The van der Waals surface area contributed by atoms with Gasteiger partial charge in [0.15, 0.2) is 0 Å². The summed E-state index contributed by atoms with van der Waals surface area (Å²) in [5.41, 5.74) is 1.80. The molecule has 0 radical (unpaired) electrons. The van der Waals surface area contributed by atoms with Gasteiger partial charge in [0.1, 0.15) is 5.82 Å². The van der Waals surface area contributed by atoms with Crippen LogP contribution in [0.25, 0.3) is 0 Å². The Hall–Kier alpha value is -1.71. The number of hydrogen-bond acceptors (Lipinski definition) is 5. The number of carbonyl (C=O) groups is 1. The molecule has 2 atom stereocenters. The van der Waals surface area contributed by atoms with E-state index in [9.17, 15) is 17.6 Å².